The van der Waals surface area contributed by atoms with Crippen LogP contribution in [-0.2, 0) is 5.41 Å². The molecule has 1 N–H and O–H groups in total. The number of hydrogen-bond acceptors (Lipinski definition) is 0. The molecule has 0 spiro atoms. The highest BCUT2D eigenvalue weighted by atomic mass is 14.7. The molecule has 0 aliphatic heterocycles. The fraction of sp³-hybridized carbons (Fsp3) is 0.0732. The van der Waals surface area contributed by atoms with Gasteiger partial charge in [0.15, 0.2) is 0 Å². The summed E-state index contributed by atoms with van der Waals surface area (Å²) in [6.07, 6.45) is 0. The fourth-order valence-corrected chi connectivity index (χ4v) is 7.33. The van der Waals surface area contributed by atoms with Gasteiger partial charge in [-0.25, -0.2) is 0 Å². The normalized spacial score (nSPS) is 13.7. The smallest absolute Gasteiger partial charge is 0.0544 e. The van der Waals surface area contributed by atoms with Gasteiger partial charge in [-0.1, -0.05) is 111 Å². The van der Waals surface area contributed by atoms with Crippen LogP contribution in [0.5, 0.6) is 0 Å². The summed E-state index contributed by atoms with van der Waals surface area (Å²) in [5.74, 6) is 0. The molecule has 0 radical (unpaired) electrons. The molecule has 1 aliphatic carbocycles. The minimum atomic E-state index is -0.0348. The maximum absolute atomic E-state index is 3.83. The zero-order chi connectivity index (χ0) is 28.0. The van der Waals surface area contributed by atoms with Crippen molar-refractivity contribution in [3.05, 3.63) is 145 Å². The lowest BCUT2D eigenvalue weighted by Gasteiger charge is -2.22. The molecule has 0 atom stereocenters. The van der Waals surface area contributed by atoms with E-state index in [9.17, 15) is 0 Å². The lowest BCUT2D eigenvalue weighted by molar-refractivity contribution is 0.660. The molecular weight excluding hydrogens is 506 g/mol. The molecule has 0 unspecified atom stereocenters. The predicted octanol–water partition coefficient (Wildman–Crippen LogP) is 11.3. The Bertz CT molecular complexity index is 2380. The molecule has 0 fully saturated rings. The molecule has 1 aliphatic rings. The number of H-pyrrole nitrogens is 1. The topological polar surface area (TPSA) is 15.8 Å². The van der Waals surface area contributed by atoms with Crippen LogP contribution < -0.4 is 0 Å². The van der Waals surface area contributed by atoms with Gasteiger partial charge in [0.2, 0.25) is 0 Å². The van der Waals surface area contributed by atoms with Gasteiger partial charge in [-0.3, -0.25) is 0 Å². The molecule has 198 valence electrons. The Morgan fingerprint density at radius 1 is 0.429 bits per heavy atom. The minimum Gasteiger partial charge on any atom is -0.354 e. The average Bonchev–Trinajstić information content (AvgIpc) is 3.50. The van der Waals surface area contributed by atoms with E-state index >= 15 is 0 Å². The van der Waals surface area contributed by atoms with Crippen molar-refractivity contribution in [2.75, 3.05) is 0 Å². The second-order valence-electron chi connectivity index (χ2n) is 12.3. The quantitative estimate of drug-likeness (QED) is 0.227. The van der Waals surface area contributed by atoms with Crippen LogP contribution in [0.3, 0.4) is 0 Å². The maximum atomic E-state index is 3.83. The second-order valence-corrected chi connectivity index (χ2v) is 12.3. The van der Waals surface area contributed by atoms with E-state index < -0.39 is 0 Å². The Labute approximate surface area is 245 Å². The number of hydrogen-bond donors (Lipinski definition) is 1. The summed E-state index contributed by atoms with van der Waals surface area (Å²) in [5, 5.41) is 7.57. The summed E-state index contributed by atoms with van der Waals surface area (Å²) in [7, 11) is 0. The highest BCUT2D eigenvalue weighted by Crippen LogP contribution is 2.50. The number of aromatic nitrogens is 1. The molecule has 1 nitrogen and oxygen atoms in total. The third kappa shape index (κ3) is 3.31. The monoisotopic (exact) mass is 535 g/mol. The highest BCUT2D eigenvalue weighted by molar-refractivity contribution is 6.16. The van der Waals surface area contributed by atoms with Gasteiger partial charge in [-0.05, 0) is 96.9 Å². The molecule has 9 rings (SSSR count). The molecule has 0 bridgehead atoms. The van der Waals surface area contributed by atoms with Gasteiger partial charge in [0.25, 0.3) is 0 Å². The first-order valence-electron chi connectivity index (χ1n) is 14.8. The molecule has 1 aromatic heterocycles. The molecule has 0 saturated carbocycles. The lowest BCUT2D eigenvalue weighted by Crippen LogP contribution is -2.14. The first-order valence-corrected chi connectivity index (χ1v) is 14.8. The van der Waals surface area contributed by atoms with Crippen molar-refractivity contribution < 1.29 is 0 Å². The maximum Gasteiger partial charge on any atom is 0.0544 e. The molecule has 1 heterocycles. The largest absolute Gasteiger partial charge is 0.354 e. The van der Waals surface area contributed by atoms with E-state index in [-0.39, 0.29) is 5.41 Å². The fourth-order valence-electron chi connectivity index (χ4n) is 7.33. The molecule has 0 saturated heterocycles. The van der Waals surface area contributed by atoms with E-state index in [0.29, 0.717) is 0 Å². The standard InChI is InChI=1S/C41H29N/c1-41(2)37-14-8-7-13-32(37)33-18-17-29(23-38(33)41)31-21-34(30-16-15-25-9-3-4-10-26(25)19-30)40-36(22-31)35-20-27-11-5-6-12-28(27)24-39(35)42-40/h3-24,42H,1-2H3. The first kappa shape index (κ1) is 23.6. The van der Waals surface area contributed by atoms with Crippen molar-refractivity contribution in [2.24, 2.45) is 0 Å². The third-order valence-electron chi connectivity index (χ3n) is 9.55. The number of benzene rings is 7. The van der Waals surface area contributed by atoms with E-state index in [2.05, 4.69) is 152 Å². The van der Waals surface area contributed by atoms with Crippen molar-refractivity contribution in [3.63, 3.8) is 0 Å². The Morgan fingerprint density at radius 2 is 1.10 bits per heavy atom. The van der Waals surface area contributed by atoms with Crippen molar-refractivity contribution >= 4 is 43.4 Å². The second kappa shape index (κ2) is 8.44. The summed E-state index contributed by atoms with van der Waals surface area (Å²) in [5.41, 5.74) is 12.8. The Balaban J connectivity index is 1.33. The van der Waals surface area contributed by atoms with Crippen LogP contribution in [0.25, 0.3) is 76.7 Å². The number of aromatic amines is 1. The Morgan fingerprint density at radius 3 is 1.93 bits per heavy atom. The summed E-state index contributed by atoms with van der Waals surface area (Å²) < 4.78 is 0. The van der Waals surface area contributed by atoms with Gasteiger partial charge in [-0.2, -0.15) is 0 Å². The van der Waals surface area contributed by atoms with Crippen LogP contribution in [0.2, 0.25) is 0 Å². The van der Waals surface area contributed by atoms with Gasteiger partial charge < -0.3 is 4.98 Å². The first-order chi connectivity index (χ1) is 20.5. The van der Waals surface area contributed by atoms with Crippen LogP contribution in [0.4, 0.5) is 0 Å². The van der Waals surface area contributed by atoms with Gasteiger partial charge >= 0.3 is 0 Å². The molecule has 7 aromatic carbocycles. The third-order valence-corrected chi connectivity index (χ3v) is 9.55. The van der Waals surface area contributed by atoms with Gasteiger partial charge in [0.05, 0.1) is 5.52 Å². The SMILES string of the molecule is CC1(C)c2ccccc2-c2ccc(-c3cc(-c4ccc5ccccc5c4)c4[nH]c5cc6ccccc6cc5c4c3)cc21. The summed E-state index contributed by atoms with van der Waals surface area (Å²) in [4.78, 5) is 3.83. The van der Waals surface area contributed by atoms with Crippen molar-refractivity contribution in [1.29, 1.82) is 0 Å². The van der Waals surface area contributed by atoms with E-state index in [1.165, 1.54) is 87.9 Å². The van der Waals surface area contributed by atoms with Gasteiger partial charge in [0.1, 0.15) is 0 Å². The summed E-state index contributed by atoms with van der Waals surface area (Å²) >= 11 is 0. The van der Waals surface area contributed by atoms with Crippen LogP contribution >= 0.6 is 0 Å². The zero-order valence-electron chi connectivity index (χ0n) is 23.7. The Kier molecular flexibility index (Phi) is 4.73. The van der Waals surface area contributed by atoms with Crippen LogP contribution in [0.15, 0.2) is 133 Å². The number of rotatable bonds is 2. The summed E-state index contributed by atoms with van der Waals surface area (Å²) in [6, 6.07) is 49.5. The molecule has 42 heavy (non-hydrogen) atoms. The van der Waals surface area contributed by atoms with E-state index in [1.807, 2.05) is 0 Å². The predicted molar refractivity (Wildman–Crippen MR) is 179 cm³/mol. The molecular formula is C41H29N. The van der Waals surface area contributed by atoms with E-state index in [0.717, 1.165) is 0 Å². The van der Waals surface area contributed by atoms with Gasteiger partial charge in [0, 0.05) is 27.3 Å². The number of fused-ring (bicyclic) bond motifs is 8. The minimum absolute atomic E-state index is 0.0348. The molecule has 1 heteroatoms. The zero-order valence-corrected chi connectivity index (χ0v) is 23.7. The van der Waals surface area contributed by atoms with Crippen molar-refractivity contribution in [1.82, 2.24) is 4.98 Å². The number of nitrogens with one attached hydrogen (secondary N) is 1. The molecule has 0 amide bonds. The average molecular weight is 536 g/mol. The van der Waals surface area contributed by atoms with E-state index in [1.54, 1.807) is 0 Å². The summed E-state index contributed by atoms with van der Waals surface area (Å²) in [6.45, 7) is 4.71. The van der Waals surface area contributed by atoms with Crippen molar-refractivity contribution in [2.45, 2.75) is 19.3 Å². The van der Waals surface area contributed by atoms with Crippen LogP contribution in [0, 0.1) is 0 Å². The van der Waals surface area contributed by atoms with Crippen LogP contribution in [-0.4, -0.2) is 4.98 Å². The molecule has 8 aromatic rings. The van der Waals surface area contributed by atoms with Crippen molar-refractivity contribution in [3.8, 4) is 33.4 Å². The lowest BCUT2D eigenvalue weighted by atomic mass is 9.81. The van der Waals surface area contributed by atoms with Crippen LogP contribution in [0.1, 0.15) is 25.0 Å². The van der Waals surface area contributed by atoms with E-state index in [4.69, 9.17) is 0 Å². The highest BCUT2D eigenvalue weighted by Gasteiger charge is 2.35. The Hall–Kier alpha value is -5.14. The van der Waals surface area contributed by atoms with Gasteiger partial charge in [-0.15, -0.1) is 0 Å².